The van der Waals surface area contributed by atoms with Crippen molar-refractivity contribution >= 4 is 11.4 Å². The van der Waals surface area contributed by atoms with Crippen molar-refractivity contribution in [2.45, 2.75) is 30.6 Å². The maximum Gasteiger partial charge on any atom is 0.301 e. The fourth-order valence-electron chi connectivity index (χ4n) is 1.32. The van der Waals surface area contributed by atoms with Crippen molar-refractivity contribution in [3.05, 3.63) is 0 Å². The molecule has 1 saturated heterocycles. The summed E-state index contributed by atoms with van der Waals surface area (Å²) in [5, 5.41) is 39.3. The van der Waals surface area contributed by atoms with Crippen LogP contribution < -0.4 is 5.32 Å². The molecule has 1 fully saturated rings. The molecule has 6 N–H and O–H groups in total. The normalized spacial score (nSPS) is 43.9. The van der Waals surface area contributed by atoms with Crippen LogP contribution in [-0.4, -0.2) is 66.4 Å². The maximum atomic E-state index is 10.2. The van der Waals surface area contributed by atoms with Crippen LogP contribution in [0.25, 0.3) is 0 Å². The Labute approximate surface area is 88.0 Å². The Hall–Kier alpha value is -0.130. The average molecular weight is 243 g/mol. The zero-order valence-electron chi connectivity index (χ0n) is 7.55. The molecule has 0 spiro atoms. The minimum absolute atomic E-state index is 0.384. The predicted octanol–water partition coefficient (Wildman–Crippen LogP) is -3.49. The van der Waals surface area contributed by atoms with E-state index in [0.717, 1.165) is 0 Å². The van der Waals surface area contributed by atoms with Gasteiger partial charge in [-0.05, 0) is 0 Å². The van der Waals surface area contributed by atoms with Crippen LogP contribution in [0.5, 0.6) is 0 Å². The summed E-state index contributed by atoms with van der Waals surface area (Å²) < 4.78 is 22.8. The summed E-state index contributed by atoms with van der Waals surface area (Å²) in [6, 6.07) is -0.936. The molecule has 1 aliphatic rings. The first kappa shape index (κ1) is 12.9. The Morgan fingerprint density at radius 1 is 1.13 bits per heavy atom. The Kier molecular flexibility index (Phi) is 4.55. The molecule has 0 aliphatic carbocycles. The minimum atomic E-state index is -2.49. The molecule has 8 nitrogen and oxygen atoms in total. The predicted molar refractivity (Wildman–Crippen MR) is 47.7 cm³/mol. The largest absolute Gasteiger partial charge is 0.389 e. The van der Waals surface area contributed by atoms with Crippen LogP contribution >= 0.6 is 0 Å². The van der Waals surface area contributed by atoms with Gasteiger partial charge < -0.3 is 20.4 Å². The molecular formula is C6H13NO7S. The van der Waals surface area contributed by atoms with Gasteiger partial charge in [-0.15, -0.1) is 0 Å². The smallest absolute Gasteiger partial charge is 0.301 e. The van der Waals surface area contributed by atoms with Crippen LogP contribution in [0.1, 0.15) is 0 Å². The van der Waals surface area contributed by atoms with Crippen molar-refractivity contribution in [1.29, 1.82) is 0 Å². The first-order valence-electron chi connectivity index (χ1n) is 4.16. The van der Waals surface area contributed by atoms with E-state index >= 15 is 0 Å². The van der Waals surface area contributed by atoms with E-state index in [1.165, 1.54) is 0 Å². The zero-order valence-corrected chi connectivity index (χ0v) is 8.37. The third kappa shape index (κ3) is 3.16. The average Bonchev–Trinajstić information content (AvgIpc) is 2.18. The van der Waals surface area contributed by atoms with Gasteiger partial charge in [0.05, 0.1) is 12.6 Å². The summed E-state index contributed by atoms with van der Waals surface area (Å²) in [7, 11) is 0. The summed E-state index contributed by atoms with van der Waals surface area (Å²) >= 11 is -2.49. The third-order valence-corrected chi connectivity index (χ3v) is 2.51. The molecule has 2 unspecified atom stereocenters. The Balaban J connectivity index is 2.54. The van der Waals surface area contributed by atoms with Crippen molar-refractivity contribution in [2.75, 3.05) is 6.61 Å². The molecule has 1 heterocycles. The van der Waals surface area contributed by atoms with Crippen LogP contribution in [0.4, 0.5) is 0 Å². The van der Waals surface area contributed by atoms with Gasteiger partial charge in [0.15, 0.2) is 0 Å². The lowest BCUT2D eigenvalue weighted by Gasteiger charge is -2.38. The van der Waals surface area contributed by atoms with Gasteiger partial charge in [-0.1, -0.05) is 0 Å². The molecule has 0 radical (unpaired) electrons. The van der Waals surface area contributed by atoms with Gasteiger partial charge in [0.25, 0.3) is 0 Å². The Morgan fingerprint density at radius 3 is 2.27 bits per heavy atom. The van der Waals surface area contributed by atoms with E-state index in [1.54, 1.807) is 0 Å². The molecule has 0 aromatic heterocycles. The molecule has 0 saturated carbocycles. The molecule has 0 aromatic carbocycles. The molecular weight excluding hydrogens is 230 g/mol. The van der Waals surface area contributed by atoms with E-state index < -0.39 is 41.9 Å². The van der Waals surface area contributed by atoms with E-state index in [4.69, 9.17) is 9.66 Å². The standard InChI is InChI=1S/C6H13NO7S/c8-3-2(1-14-15(12)13)7-6(11)5(10)4(3)9/h2-11H,1H2,(H,12,13)/t2-,3-,4+,5+,6?/m1/s1. The van der Waals surface area contributed by atoms with Gasteiger partial charge in [0.1, 0.15) is 24.5 Å². The molecule has 0 aromatic rings. The molecule has 90 valence electrons. The molecule has 0 amide bonds. The van der Waals surface area contributed by atoms with E-state index in [0.29, 0.717) is 0 Å². The summed E-state index contributed by atoms with van der Waals surface area (Å²) in [6.45, 7) is -0.384. The van der Waals surface area contributed by atoms with Crippen LogP contribution in [0.2, 0.25) is 0 Å². The third-order valence-electron chi connectivity index (χ3n) is 2.17. The summed E-state index contributed by atoms with van der Waals surface area (Å²) in [5.74, 6) is 0. The second-order valence-corrected chi connectivity index (χ2v) is 3.86. The van der Waals surface area contributed by atoms with Crippen molar-refractivity contribution < 1.29 is 33.4 Å². The number of rotatable bonds is 3. The van der Waals surface area contributed by atoms with Gasteiger partial charge >= 0.3 is 11.4 Å². The number of aliphatic hydroxyl groups is 4. The Bertz CT molecular complexity index is 240. The summed E-state index contributed by atoms with van der Waals surface area (Å²) in [6.07, 6.45) is -5.88. The molecule has 9 heteroatoms. The first-order valence-corrected chi connectivity index (χ1v) is 5.19. The maximum absolute atomic E-state index is 10.2. The number of aliphatic hydroxyl groups excluding tert-OH is 4. The number of nitrogens with one attached hydrogen (secondary N) is 1. The lowest BCUT2D eigenvalue weighted by Crippen LogP contribution is -2.66. The number of hydrogen-bond donors (Lipinski definition) is 6. The van der Waals surface area contributed by atoms with E-state index in [1.807, 2.05) is 0 Å². The highest BCUT2D eigenvalue weighted by Crippen LogP contribution is 2.14. The van der Waals surface area contributed by atoms with Crippen molar-refractivity contribution in [2.24, 2.45) is 0 Å². The van der Waals surface area contributed by atoms with Crippen LogP contribution in [0.3, 0.4) is 0 Å². The van der Waals surface area contributed by atoms with Crippen LogP contribution in [0.15, 0.2) is 0 Å². The van der Waals surface area contributed by atoms with Gasteiger partial charge in [-0.2, -0.15) is 4.21 Å². The van der Waals surface area contributed by atoms with E-state index in [9.17, 15) is 19.5 Å². The highest BCUT2D eigenvalue weighted by Gasteiger charge is 2.41. The molecule has 1 aliphatic heterocycles. The molecule has 6 atom stereocenters. The second-order valence-electron chi connectivity index (χ2n) is 3.19. The van der Waals surface area contributed by atoms with Crippen molar-refractivity contribution in [1.82, 2.24) is 5.32 Å². The molecule has 1 rings (SSSR count). The second kappa shape index (κ2) is 5.27. The van der Waals surface area contributed by atoms with Crippen molar-refractivity contribution in [3.8, 4) is 0 Å². The molecule has 15 heavy (non-hydrogen) atoms. The highest BCUT2D eigenvalue weighted by atomic mass is 32.2. The van der Waals surface area contributed by atoms with Crippen molar-refractivity contribution in [3.63, 3.8) is 0 Å². The van der Waals surface area contributed by atoms with Crippen LogP contribution in [-0.2, 0) is 15.5 Å². The number of hydrogen-bond acceptors (Lipinski definition) is 7. The first-order chi connectivity index (χ1) is 6.93. The quantitative estimate of drug-likeness (QED) is 0.281. The highest BCUT2D eigenvalue weighted by molar-refractivity contribution is 7.74. The lowest BCUT2D eigenvalue weighted by molar-refractivity contribution is -0.160. The fourth-order valence-corrected chi connectivity index (χ4v) is 1.58. The number of piperidine rings is 1. The minimum Gasteiger partial charge on any atom is -0.389 e. The SMILES string of the molecule is O=S(O)OC[C@H]1NC(O)[C@@H](O)[C@@H](O)[C@@H]1O. The lowest BCUT2D eigenvalue weighted by atomic mass is 9.95. The van der Waals surface area contributed by atoms with E-state index in [-0.39, 0.29) is 6.61 Å². The van der Waals surface area contributed by atoms with Gasteiger partial charge in [-0.25, -0.2) is 0 Å². The van der Waals surface area contributed by atoms with Crippen LogP contribution in [0, 0.1) is 0 Å². The monoisotopic (exact) mass is 243 g/mol. The summed E-state index contributed by atoms with van der Waals surface area (Å²) in [5.41, 5.74) is 0. The zero-order chi connectivity index (χ0) is 11.6. The topological polar surface area (TPSA) is 139 Å². The van der Waals surface area contributed by atoms with Gasteiger partial charge in [0, 0.05) is 0 Å². The fraction of sp³-hybridized carbons (Fsp3) is 1.00. The van der Waals surface area contributed by atoms with Gasteiger partial charge in [-0.3, -0.25) is 14.1 Å². The van der Waals surface area contributed by atoms with Gasteiger partial charge in [0.2, 0.25) is 0 Å². The molecule has 0 bridgehead atoms. The summed E-state index contributed by atoms with van der Waals surface area (Å²) in [4.78, 5) is 0. The Morgan fingerprint density at radius 2 is 1.73 bits per heavy atom. The van der Waals surface area contributed by atoms with E-state index in [2.05, 4.69) is 9.50 Å².